The number of carbonyl (C=O) groups is 2. The van der Waals surface area contributed by atoms with Crippen LogP contribution in [0.3, 0.4) is 0 Å². The van der Waals surface area contributed by atoms with Crippen molar-refractivity contribution in [2.24, 2.45) is 10.8 Å². The van der Waals surface area contributed by atoms with Crippen LogP contribution in [0, 0.1) is 0 Å². The summed E-state index contributed by atoms with van der Waals surface area (Å²) in [6.07, 6.45) is 4.68. The molecule has 0 aliphatic carbocycles. The second-order valence-electron chi connectivity index (χ2n) is 5.42. The normalized spacial score (nSPS) is 35.2. The number of nitrogens with one attached hydrogen (secondary N) is 1. The molecule has 2 unspecified atom stereocenters. The molecule has 2 fully saturated rings. The second-order valence-corrected chi connectivity index (χ2v) is 5.42. The van der Waals surface area contributed by atoms with Crippen molar-refractivity contribution in [1.82, 2.24) is 10.3 Å². The van der Waals surface area contributed by atoms with Crippen LogP contribution in [0.25, 0.3) is 0 Å². The molecule has 3 N–H and O–H groups in total. The molecule has 3 heterocycles. The lowest BCUT2D eigenvalue weighted by atomic mass is 9.97. The van der Waals surface area contributed by atoms with Crippen molar-refractivity contribution in [3.8, 4) is 0 Å². The lowest BCUT2D eigenvalue weighted by Crippen LogP contribution is -2.52. The summed E-state index contributed by atoms with van der Waals surface area (Å²) in [7, 11) is 0. The van der Waals surface area contributed by atoms with E-state index in [2.05, 4.69) is 10.5 Å². The average Bonchev–Trinajstić information content (AvgIpc) is 2.62. The van der Waals surface area contributed by atoms with Crippen LogP contribution in [0.4, 0.5) is 0 Å². The van der Waals surface area contributed by atoms with Crippen LogP contribution >= 0.6 is 0 Å². The van der Waals surface area contributed by atoms with Crippen LogP contribution in [0.5, 0.6) is 0 Å². The number of hydrogen-bond donors (Lipinski definition) is 2. The fourth-order valence-electron chi connectivity index (χ4n) is 3.33. The Labute approximate surface area is 106 Å². The molecule has 3 rings (SSSR count). The highest BCUT2D eigenvalue weighted by molar-refractivity contribution is 6.39. The average molecular weight is 250 g/mol. The fourth-order valence-corrected chi connectivity index (χ4v) is 3.33. The fraction of sp³-hybridized carbons (Fsp3) is 0.750. The van der Waals surface area contributed by atoms with E-state index in [1.165, 1.54) is 0 Å². The number of fused-ring (bicyclic) bond motifs is 2. The molecular formula is C12H18N4O2. The van der Waals surface area contributed by atoms with Gasteiger partial charge >= 0.3 is 0 Å². The van der Waals surface area contributed by atoms with Crippen LogP contribution in [-0.2, 0) is 9.59 Å². The SMILES string of the molecule is NC1CC2CCC(C1)N2C(=O)C1=NNC(=O)CC1. The number of hydrazone groups is 1. The molecule has 3 aliphatic rings. The summed E-state index contributed by atoms with van der Waals surface area (Å²) in [6.45, 7) is 0. The van der Waals surface area contributed by atoms with E-state index in [1.54, 1.807) is 0 Å². The van der Waals surface area contributed by atoms with Crippen molar-refractivity contribution in [2.45, 2.75) is 56.7 Å². The van der Waals surface area contributed by atoms with Crippen molar-refractivity contribution in [1.29, 1.82) is 0 Å². The molecule has 0 radical (unpaired) electrons. The van der Waals surface area contributed by atoms with Crippen molar-refractivity contribution in [3.05, 3.63) is 0 Å². The van der Waals surface area contributed by atoms with Crippen LogP contribution in [0.1, 0.15) is 38.5 Å². The van der Waals surface area contributed by atoms with Gasteiger partial charge in [-0.3, -0.25) is 9.59 Å². The molecule has 98 valence electrons. The van der Waals surface area contributed by atoms with Gasteiger partial charge < -0.3 is 10.6 Å². The lowest BCUT2D eigenvalue weighted by molar-refractivity contribution is -0.128. The Balaban J connectivity index is 1.75. The molecule has 6 nitrogen and oxygen atoms in total. The Kier molecular flexibility index (Phi) is 2.81. The van der Waals surface area contributed by atoms with E-state index in [0.29, 0.717) is 18.6 Å². The summed E-state index contributed by atoms with van der Waals surface area (Å²) in [4.78, 5) is 25.4. The monoisotopic (exact) mass is 250 g/mol. The quantitative estimate of drug-likeness (QED) is 0.671. The molecule has 0 spiro atoms. The number of piperidine rings is 1. The van der Waals surface area contributed by atoms with Gasteiger partial charge in [-0.15, -0.1) is 0 Å². The lowest BCUT2D eigenvalue weighted by Gasteiger charge is -2.38. The van der Waals surface area contributed by atoms with Gasteiger partial charge in [0.25, 0.3) is 5.91 Å². The number of nitrogens with two attached hydrogens (primary N) is 1. The first kappa shape index (κ1) is 11.6. The number of rotatable bonds is 1. The summed E-state index contributed by atoms with van der Waals surface area (Å²) in [5, 5.41) is 3.90. The Morgan fingerprint density at radius 3 is 2.50 bits per heavy atom. The Morgan fingerprint density at radius 1 is 1.28 bits per heavy atom. The summed E-state index contributed by atoms with van der Waals surface area (Å²) in [5.74, 6) is -0.121. The smallest absolute Gasteiger partial charge is 0.270 e. The zero-order valence-corrected chi connectivity index (χ0v) is 10.3. The van der Waals surface area contributed by atoms with Gasteiger partial charge in [-0.2, -0.15) is 5.10 Å². The molecule has 2 saturated heterocycles. The molecule has 0 aromatic carbocycles. The molecule has 2 amide bonds. The maximum absolute atomic E-state index is 12.4. The van der Waals surface area contributed by atoms with Gasteiger partial charge in [-0.1, -0.05) is 0 Å². The predicted molar refractivity (Wildman–Crippen MR) is 65.7 cm³/mol. The highest BCUT2D eigenvalue weighted by atomic mass is 16.2. The van der Waals surface area contributed by atoms with Gasteiger partial charge in [0.05, 0.1) is 0 Å². The standard InChI is InChI=1S/C12H18N4O2/c13-7-5-8-1-2-9(6-7)16(8)12(18)10-3-4-11(17)15-14-10/h7-9H,1-6,13H2,(H,15,17). The van der Waals surface area contributed by atoms with Crippen molar-refractivity contribution in [3.63, 3.8) is 0 Å². The van der Waals surface area contributed by atoms with Gasteiger partial charge in [0, 0.05) is 31.0 Å². The number of hydrogen-bond acceptors (Lipinski definition) is 4. The van der Waals surface area contributed by atoms with Crippen LogP contribution in [0.15, 0.2) is 5.10 Å². The molecule has 18 heavy (non-hydrogen) atoms. The van der Waals surface area contributed by atoms with Gasteiger partial charge in [-0.25, -0.2) is 5.43 Å². The first-order valence-corrected chi connectivity index (χ1v) is 6.59. The summed E-state index contributed by atoms with van der Waals surface area (Å²) in [6, 6.07) is 0.762. The third-order valence-corrected chi connectivity index (χ3v) is 4.16. The first-order chi connectivity index (χ1) is 8.65. The number of carbonyl (C=O) groups excluding carboxylic acids is 2. The second kappa shape index (κ2) is 4.35. The molecule has 2 atom stereocenters. The molecule has 0 aromatic rings. The Hall–Kier alpha value is -1.43. The molecule has 6 heteroatoms. The highest BCUT2D eigenvalue weighted by Gasteiger charge is 2.43. The highest BCUT2D eigenvalue weighted by Crippen LogP contribution is 2.35. The van der Waals surface area contributed by atoms with E-state index in [1.807, 2.05) is 4.90 Å². The van der Waals surface area contributed by atoms with Gasteiger partial charge in [0.1, 0.15) is 5.71 Å². The predicted octanol–water partition coefficient (Wildman–Crippen LogP) is -0.267. The number of amides is 2. The van der Waals surface area contributed by atoms with E-state index in [4.69, 9.17) is 5.73 Å². The van der Waals surface area contributed by atoms with Crippen molar-refractivity contribution in [2.75, 3.05) is 0 Å². The third kappa shape index (κ3) is 1.90. The first-order valence-electron chi connectivity index (χ1n) is 6.59. The van der Waals surface area contributed by atoms with Gasteiger partial charge in [-0.05, 0) is 25.7 Å². The maximum Gasteiger partial charge on any atom is 0.270 e. The summed E-state index contributed by atoms with van der Waals surface area (Å²) >= 11 is 0. The van der Waals surface area contributed by atoms with Crippen LogP contribution in [0.2, 0.25) is 0 Å². The summed E-state index contributed by atoms with van der Waals surface area (Å²) < 4.78 is 0. The molecule has 3 aliphatic heterocycles. The summed E-state index contributed by atoms with van der Waals surface area (Å²) in [5.41, 5.74) is 8.87. The van der Waals surface area contributed by atoms with Crippen molar-refractivity contribution >= 4 is 17.5 Å². The molecular weight excluding hydrogens is 232 g/mol. The van der Waals surface area contributed by atoms with E-state index in [9.17, 15) is 9.59 Å². The van der Waals surface area contributed by atoms with Gasteiger partial charge in [0.15, 0.2) is 0 Å². The van der Waals surface area contributed by atoms with Gasteiger partial charge in [0.2, 0.25) is 5.91 Å². The van der Waals surface area contributed by atoms with E-state index >= 15 is 0 Å². The maximum atomic E-state index is 12.4. The van der Waals surface area contributed by atoms with Crippen LogP contribution < -0.4 is 11.2 Å². The van der Waals surface area contributed by atoms with E-state index in [0.717, 1.165) is 25.7 Å². The largest absolute Gasteiger partial charge is 0.331 e. The topological polar surface area (TPSA) is 87.8 Å². The minimum absolute atomic E-state index is 0.00519. The van der Waals surface area contributed by atoms with Crippen molar-refractivity contribution < 1.29 is 9.59 Å². The molecule has 2 bridgehead atoms. The minimum Gasteiger partial charge on any atom is -0.331 e. The zero-order valence-electron chi connectivity index (χ0n) is 10.3. The van der Waals surface area contributed by atoms with E-state index in [-0.39, 0.29) is 29.9 Å². The third-order valence-electron chi connectivity index (χ3n) is 4.16. The molecule has 0 aromatic heterocycles. The molecule has 0 saturated carbocycles. The zero-order chi connectivity index (χ0) is 12.7. The van der Waals surface area contributed by atoms with Crippen LogP contribution in [-0.4, -0.2) is 40.6 Å². The van der Waals surface area contributed by atoms with E-state index < -0.39 is 0 Å². The number of nitrogens with zero attached hydrogens (tertiary/aromatic N) is 2. The Morgan fingerprint density at radius 2 is 1.94 bits per heavy atom. The minimum atomic E-state index is -0.116. The Bertz CT molecular complexity index is 406.